The van der Waals surface area contributed by atoms with Crippen LogP contribution in [0.5, 0.6) is 0 Å². The van der Waals surface area contributed by atoms with E-state index in [9.17, 15) is 4.39 Å². The van der Waals surface area contributed by atoms with Crippen LogP contribution in [0.3, 0.4) is 0 Å². The Morgan fingerprint density at radius 2 is 2.31 bits per heavy atom. The predicted octanol–water partition coefficient (Wildman–Crippen LogP) is 2.31. The zero-order valence-electron chi connectivity index (χ0n) is 9.13. The van der Waals surface area contributed by atoms with Crippen LogP contribution in [-0.4, -0.2) is 20.3 Å². The maximum absolute atomic E-state index is 13.3. The summed E-state index contributed by atoms with van der Waals surface area (Å²) in [5, 5.41) is 4.02. The molecule has 0 aliphatic heterocycles. The summed E-state index contributed by atoms with van der Waals surface area (Å²) >= 11 is 0. The minimum Gasteiger partial charge on any atom is -0.461 e. The summed E-state index contributed by atoms with van der Waals surface area (Å²) < 4.78 is 23.4. The number of nitrogens with one attached hydrogen (secondary N) is 1. The molecule has 0 fully saturated rings. The zero-order chi connectivity index (χ0) is 11.4. The summed E-state index contributed by atoms with van der Waals surface area (Å²) in [6.45, 7) is 2.07. The van der Waals surface area contributed by atoms with Gasteiger partial charge in [-0.3, -0.25) is 0 Å². The summed E-state index contributed by atoms with van der Waals surface area (Å²) in [4.78, 5) is 0. The molecule has 1 heterocycles. The Kier molecular flexibility index (Phi) is 3.54. The van der Waals surface area contributed by atoms with Gasteiger partial charge in [-0.25, -0.2) is 4.39 Å². The SMILES string of the molecule is COCCNCc1coc2c(F)cccc12. The normalized spacial score (nSPS) is 11.1. The molecule has 1 aromatic heterocycles. The van der Waals surface area contributed by atoms with Gasteiger partial charge in [0.15, 0.2) is 11.4 Å². The van der Waals surface area contributed by atoms with Crippen molar-refractivity contribution in [3.05, 3.63) is 35.8 Å². The molecule has 0 atom stereocenters. The molecule has 1 aromatic carbocycles. The number of para-hydroxylation sites is 1. The zero-order valence-corrected chi connectivity index (χ0v) is 9.13. The first-order valence-electron chi connectivity index (χ1n) is 5.17. The highest BCUT2D eigenvalue weighted by Gasteiger charge is 2.08. The second-order valence-corrected chi connectivity index (χ2v) is 3.55. The number of furan rings is 1. The topological polar surface area (TPSA) is 34.4 Å². The Bertz CT molecular complexity index is 467. The van der Waals surface area contributed by atoms with Crippen LogP contribution in [0.1, 0.15) is 5.56 Å². The van der Waals surface area contributed by atoms with Crippen molar-refractivity contribution in [2.45, 2.75) is 6.54 Å². The molecule has 16 heavy (non-hydrogen) atoms. The third kappa shape index (κ3) is 2.23. The van der Waals surface area contributed by atoms with Crippen molar-refractivity contribution >= 4 is 11.0 Å². The summed E-state index contributed by atoms with van der Waals surface area (Å²) in [5.41, 5.74) is 1.29. The molecule has 0 saturated carbocycles. The molecule has 3 nitrogen and oxygen atoms in total. The molecule has 0 aliphatic carbocycles. The van der Waals surface area contributed by atoms with Crippen molar-refractivity contribution in [1.29, 1.82) is 0 Å². The fourth-order valence-corrected chi connectivity index (χ4v) is 1.61. The van der Waals surface area contributed by atoms with Crippen LogP contribution in [0.2, 0.25) is 0 Å². The Balaban J connectivity index is 2.10. The van der Waals surface area contributed by atoms with E-state index < -0.39 is 0 Å². The number of ether oxygens (including phenoxy) is 1. The summed E-state index contributed by atoms with van der Waals surface area (Å²) in [5.74, 6) is -0.319. The van der Waals surface area contributed by atoms with E-state index in [0.29, 0.717) is 18.7 Å². The van der Waals surface area contributed by atoms with E-state index in [1.807, 2.05) is 6.07 Å². The molecule has 2 aromatic rings. The van der Waals surface area contributed by atoms with Gasteiger partial charge in [0, 0.05) is 31.1 Å². The van der Waals surface area contributed by atoms with Crippen molar-refractivity contribution in [2.24, 2.45) is 0 Å². The molecule has 0 aliphatic rings. The average Bonchev–Trinajstić information content (AvgIpc) is 2.70. The van der Waals surface area contributed by atoms with Crippen molar-refractivity contribution in [1.82, 2.24) is 5.32 Å². The van der Waals surface area contributed by atoms with Crippen LogP contribution < -0.4 is 5.32 Å². The highest BCUT2D eigenvalue weighted by molar-refractivity contribution is 5.81. The van der Waals surface area contributed by atoms with Crippen molar-refractivity contribution < 1.29 is 13.5 Å². The smallest absolute Gasteiger partial charge is 0.169 e. The molecule has 2 rings (SSSR count). The van der Waals surface area contributed by atoms with E-state index in [2.05, 4.69) is 5.32 Å². The molecule has 0 unspecified atom stereocenters. The predicted molar refractivity (Wildman–Crippen MR) is 59.8 cm³/mol. The molecule has 4 heteroatoms. The third-order valence-electron chi connectivity index (χ3n) is 2.43. The lowest BCUT2D eigenvalue weighted by Gasteiger charge is -2.01. The lowest BCUT2D eigenvalue weighted by Crippen LogP contribution is -2.18. The van der Waals surface area contributed by atoms with Crippen LogP contribution in [-0.2, 0) is 11.3 Å². The number of fused-ring (bicyclic) bond motifs is 1. The number of halogens is 1. The molecule has 0 spiro atoms. The first-order chi connectivity index (χ1) is 7.83. The van der Waals surface area contributed by atoms with E-state index in [4.69, 9.17) is 9.15 Å². The summed E-state index contributed by atoms with van der Waals surface area (Å²) in [6, 6.07) is 4.94. The molecular formula is C12H14FNO2. The van der Waals surface area contributed by atoms with Crippen molar-refractivity contribution in [2.75, 3.05) is 20.3 Å². The van der Waals surface area contributed by atoms with Gasteiger partial charge in [-0.05, 0) is 6.07 Å². The Morgan fingerprint density at radius 3 is 3.12 bits per heavy atom. The molecular weight excluding hydrogens is 209 g/mol. The quantitative estimate of drug-likeness (QED) is 0.790. The van der Waals surface area contributed by atoms with Crippen LogP contribution in [0.25, 0.3) is 11.0 Å². The number of benzene rings is 1. The maximum atomic E-state index is 13.3. The molecule has 1 N–H and O–H groups in total. The molecule has 86 valence electrons. The fourth-order valence-electron chi connectivity index (χ4n) is 1.61. The van der Waals surface area contributed by atoms with Gasteiger partial charge in [0.2, 0.25) is 0 Å². The monoisotopic (exact) mass is 223 g/mol. The summed E-state index contributed by atoms with van der Waals surface area (Å²) in [6.07, 6.45) is 1.59. The van der Waals surface area contributed by atoms with Crippen LogP contribution in [0.4, 0.5) is 4.39 Å². The third-order valence-corrected chi connectivity index (χ3v) is 2.43. The standard InChI is InChI=1S/C12H14FNO2/c1-15-6-5-14-7-9-8-16-12-10(9)3-2-4-11(12)13/h2-4,8,14H,5-7H2,1H3. The minimum atomic E-state index is -0.319. The van der Waals surface area contributed by atoms with E-state index in [0.717, 1.165) is 17.5 Å². The minimum absolute atomic E-state index is 0.319. The Morgan fingerprint density at radius 1 is 1.44 bits per heavy atom. The van der Waals surface area contributed by atoms with Crippen molar-refractivity contribution in [3.8, 4) is 0 Å². The first-order valence-corrected chi connectivity index (χ1v) is 5.17. The second-order valence-electron chi connectivity index (χ2n) is 3.55. The average molecular weight is 223 g/mol. The van der Waals surface area contributed by atoms with Crippen LogP contribution >= 0.6 is 0 Å². The number of methoxy groups -OCH3 is 1. The van der Waals surface area contributed by atoms with E-state index in [1.54, 1.807) is 19.4 Å². The molecule has 0 saturated heterocycles. The Labute approximate surface area is 93.2 Å². The first kappa shape index (κ1) is 11.1. The van der Waals surface area contributed by atoms with Gasteiger partial charge < -0.3 is 14.5 Å². The van der Waals surface area contributed by atoms with E-state index in [1.165, 1.54) is 6.07 Å². The lowest BCUT2D eigenvalue weighted by atomic mass is 10.2. The van der Waals surface area contributed by atoms with Gasteiger partial charge in [-0.1, -0.05) is 12.1 Å². The number of hydrogen-bond acceptors (Lipinski definition) is 3. The highest BCUT2D eigenvalue weighted by Crippen LogP contribution is 2.23. The summed E-state index contributed by atoms with van der Waals surface area (Å²) in [7, 11) is 1.66. The van der Waals surface area contributed by atoms with Gasteiger partial charge in [0.05, 0.1) is 12.9 Å². The van der Waals surface area contributed by atoms with Crippen molar-refractivity contribution in [3.63, 3.8) is 0 Å². The van der Waals surface area contributed by atoms with E-state index in [-0.39, 0.29) is 5.82 Å². The Hall–Kier alpha value is -1.39. The van der Waals surface area contributed by atoms with Crippen LogP contribution in [0.15, 0.2) is 28.9 Å². The second kappa shape index (κ2) is 5.09. The van der Waals surface area contributed by atoms with Gasteiger partial charge in [-0.2, -0.15) is 0 Å². The number of hydrogen-bond donors (Lipinski definition) is 1. The van der Waals surface area contributed by atoms with Gasteiger partial charge in [-0.15, -0.1) is 0 Å². The highest BCUT2D eigenvalue weighted by atomic mass is 19.1. The molecule has 0 radical (unpaired) electrons. The largest absolute Gasteiger partial charge is 0.461 e. The lowest BCUT2D eigenvalue weighted by molar-refractivity contribution is 0.199. The van der Waals surface area contributed by atoms with E-state index >= 15 is 0 Å². The van der Waals surface area contributed by atoms with Crippen LogP contribution in [0, 0.1) is 5.82 Å². The fraction of sp³-hybridized carbons (Fsp3) is 0.333. The number of rotatable bonds is 5. The van der Waals surface area contributed by atoms with Gasteiger partial charge >= 0.3 is 0 Å². The van der Waals surface area contributed by atoms with Gasteiger partial charge in [0.1, 0.15) is 0 Å². The van der Waals surface area contributed by atoms with Gasteiger partial charge in [0.25, 0.3) is 0 Å². The maximum Gasteiger partial charge on any atom is 0.169 e. The molecule has 0 bridgehead atoms. The molecule has 0 amide bonds.